The predicted molar refractivity (Wildman–Crippen MR) is 126 cm³/mol. The van der Waals surface area contributed by atoms with Crippen molar-refractivity contribution in [3.05, 3.63) is 64.6 Å². The van der Waals surface area contributed by atoms with Crippen molar-refractivity contribution >= 4 is 17.6 Å². The van der Waals surface area contributed by atoms with Gasteiger partial charge in [-0.15, -0.1) is 0 Å². The standard InChI is InChI=1S/C24H28ClN3O5/c1-4-5-11-33-24(30)21(8-12-31-2)28-15-22(32-3)19(14-23(28)29)18-13-17(25)6-7-20(18)27-10-9-26-16-27/h6-7,9-10,13-16,21H,4-5,8,11-12H2,1-3H3. The van der Waals surface area contributed by atoms with Gasteiger partial charge in [-0.1, -0.05) is 24.9 Å². The van der Waals surface area contributed by atoms with Gasteiger partial charge in [0.15, 0.2) is 0 Å². The Morgan fingerprint density at radius 2 is 2.00 bits per heavy atom. The second-order valence-electron chi connectivity index (χ2n) is 7.45. The molecule has 0 aliphatic carbocycles. The molecule has 1 atom stereocenters. The van der Waals surface area contributed by atoms with E-state index >= 15 is 0 Å². The minimum Gasteiger partial charge on any atom is -0.495 e. The normalized spacial score (nSPS) is 11.9. The fourth-order valence-corrected chi connectivity index (χ4v) is 3.68. The van der Waals surface area contributed by atoms with Crippen LogP contribution in [0.2, 0.25) is 5.02 Å². The van der Waals surface area contributed by atoms with Crippen LogP contribution in [0.15, 0.2) is 54.0 Å². The first-order valence-electron chi connectivity index (χ1n) is 10.7. The maximum atomic E-state index is 13.2. The number of rotatable bonds is 11. The molecule has 8 nitrogen and oxygen atoms in total. The van der Waals surface area contributed by atoms with Crippen molar-refractivity contribution in [2.24, 2.45) is 0 Å². The summed E-state index contributed by atoms with van der Waals surface area (Å²) in [5.41, 5.74) is 1.66. The fraction of sp³-hybridized carbons (Fsp3) is 0.375. The lowest BCUT2D eigenvalue weighted by atomic mass is 10.0. The number of nitrogens with zero attached hydrogens (tertiary/aromatic N) is 3. The number of carbonyl (C=O) groups excluding carboxylic acids is 1. The number of carbonyl (C=O) groups is 1. The second-order valence-corrected chi connectivity index (χ2v) is 7.89. The molecule has 3 rings (SSSR count). The number of imidazole rings is 1. The molecule has 33 heavy (non-hydrogen) atoms. The molecule has 0 bridgehead atoms. The summed E-state index contributed by atoms with van der Waals surface area (Å²) < 4.78 is 19.3. The van der Waals surface area contributed by atoms with Crippen LogP contribution >= 0.6 is 11.6 Å². The third-order valence-electron chi connectivity index (χ3n) is 5.24. The molecule has 0 amide bonds. The lowest BCUT2D eigenvalue weighted by molar-refractivity contribution is -0.148. The van der Waals surface area contributed by atoms with Crippen LogP contribution in [0.5, 0.6) is 5.75 Å². The SMILES string of the molecule is CCCCOC(=O)C(CCOC)n1cc(OC)c(-c2cc(Cl)ccc2-n2ccnc2)cc1=O. The van der Waals surface area contributed by atoms with Crippen molar-refractivity contribution in [3.63, 3.8) is 0 Å². The fourth-order valence-electron chi connectivity index (χ4n) is 3.51. The van der Waals surface area contributed by atoms with Gasteiger partial charge in [-0.3, -0.25) is 9.36 Å². The van der Waals surface area contributed by atoms with E-state index in [0.717, 1.165) is 18.5 Å². The lowest BCUT2D eigenvalue weighted by Crippen LogP contribution is -2.32. The van der Waals surface area contributed by atoms with Gasteiger partial charge in [-0.05, 0) is 24.6 Å². The molecule has 3 aromatic rings. The van der Waals surface area contributed by atoms with Crippen molar-refractivity contribution < 1.29 is 19.0 Å². The second kappa shape index (κ2) is 11.7. The van der Waals surface area contributed by atoms with Crippen LogP contribution in [0.3, 0.4) is 0 Å². The van der Waals surface area contributed by atoms with E-state index in [0.29, 0.717) is 41.5 Å². The molecule has 1 aromatic carbocycles. The summed E-state index contributed by atoms with van der Waals surface area (Å²) in [5.74, 6) is -0.0544. The first-order chi connectivity index (χ1) is 16.0. The zero-order chi connectivity index (χ0) is 23.8. The van der Waals surface area contributed by atoms with Crippen LogP contribution in [0.4, 0.5) is 0 Å². The first kappa shape index (κ1) is 24.5. The minimum absolute atomic E-state index is 0.293. The van der Waals surface area contributed by atoms with Crippen LogP contribution in [0.25, 0.3) is 16.8 Å². The number of halogens is 1. The molecule has 2 heterocycles. The Morgan fingerprint density at radius 1 is 1.18 bits per heavy atom. The minimum atomic E-state index is -0.829. The van der Waals surface area contributed by atoms with Crippen LogP contribution in [0.1, 0.15) is 32.2 Å². The van der Waals surface area contributed by atoms with E-state index in [4.69, 9.17) is 25.8 Å². The Bertz CT molecular complexity index is 1130. The smallest absolute Gasteiger partial charge is 0.329 e. The summed E-state index contributed by atoms with van der Waals surface area (Å²) >= 11 is 6.28. The third-order valence-corrected chi connectivity index (χ3v) is 5.48. The molecule has 0 saturated heterocycles. The number of benzene rings is 1. The maximum absolute atomic E-state index is 13.2. The average Bonchev–Trinajstić information content (AvgIpc) is 3.34. The van der Waals surface area contributed by atoms with Gasteiger partial charge in [-0.2, -0.15) is 0 Å². The first-order valence-corrected chi connectivity index (χ1v) is 11.1. The zero-order valence-electron chi connectivity index (χ0n) is 19.0. The molecule has 0 radical (unpaired) electrons. The Kier molecular flexibility index (Phi) is 8.68. The largest absolute Gasteiger partial charge is 0.495 e. The summed E-state index contributed by atoms with van der Waals surface area (Å²) in [5, 5.41) is 0.512. The highest BCUT2D eigenvalue weighted by molar-refractivity contribution is 6.31. The number of unbranched alkanes of at least 4 members (excludes halogenated alkanes) is 1. The van der Waals surface area contributed by atoms with E-state index in [1.165, 1.54) is 23.9 Å². The number of hydrogen-bond donors (Lipinski definition) is 0. The van der Waals surface area contributed by atoms with Gasteiger partial charge in [0.25, 0.3) is 5.56 Å². The van der Waals surface area contributed by atoms with E-state index in [1.807, 2.05) is 17.6 Å². The van der Waals surface area contributed by atoms with Crippen molar-refractivity contribution in [2.45, 2.75) is 32.2 Å². The van der Waals surface area contributed by atoms with Crippen LogP contribution in [-0.2, 0) is 14.3 Å². The summed E-state index contributed by atoms with van der Waals surface area (Å²) in [4.78, 5) is 30.1. The molecule has 0 aliphatic rings. The topological polar surface area (TPSA) is 84.6 Å². The van der Waals surface area contributed by atoms with Crippen molar-refractivity contribution in [3.8, 4) is 22.6 Å². The summed E-state index contributed by atoms with van der Waals surface area (Å²) in [6.07, 6.45) is 8.61. The zero-order valence-corrected chi connectivity index (χ0v) is 19.7. The predicted octanol–water partition coefficient (Wildman–Crippen LogP) is 4.28. The lowest BCUT2D eigenvalue weighted by Gasteiger charge is -2.21. The van der Waals surface area contributed by atoms with Crippen LogP contribution < -0.4 is 10.3 Å². The molecule has 1 unspecified atom stereocenters. The summed E-state index contributed by atoms with van der Waals surface area (Å²) in [6.45, 7) is 2.61. The molecule has 0 N–H and O–H groups in total. The summed E-state index contributed by atoms with van der Waals surface area (Å²) in [6, 6.07) is 5.99. The van der Waals surface area contributed by atoms with Gasteiger partial charge in [0.1, 0.15) is 11.8 Å². The van der Waals surface area contributed by atoms with Crippen molar-refractivity contribution in [2.75, 3.05) is 27.4 Å². The van der Waals surface area contributed by atoms with Gasteiger partial charge in [0.05, 0.1) is 31.9 Å². The highest BCUT2D eigenvalue weighted by Gasteiger charge is 2.25. The average molecular weight is 474 g/mol. The number of ether oxygens (including phenoxy) is 3. The Labute approximate surface area is 197 Å². The van der Waals surface area contributed by atoms with E-state index < -0.39 is 12.0 Å². The molecule has 176 valence electrons. The Morgan fingerprint density at radius 3 is 2.67 bits per heavy atom. The molecular weight excluding hydrogens is 446 g/mol. The molecule has 2 aromatic heterocycles. The summed E-state index contributed by atoms with van der Waals surface area (Å²) in [7, 11) is 3.06. The number of pyridine rings is 1. The van der Waals surface area contributed by atoms with Gasteiger partial charge >= 0.3 is 5.97 Å². The molecule has 0 saturated carbocycles. The molecule has 9 heteroatoms. The van der Waals surface area contributed by atoms with Crippen molar-refractivity contribution in [1.82, 2.24) is 14.1 Å². The number of aromatic nitrogens is 3. The molecule has 0 spiro atoms. The van der Waals surface area contributed by atoms with Gasteiger partial charge in [0, 0.05) is 54.7 Å². The number of esters is 1. The van der Waals surface area contributed by atoms with Gasteiger partial charge in [-0.25, -0.2) is 9.78 Å². The Balaban J connectivity index is 2.08. The molecular formula is C24H28ClN3O5. The molecule has 0 aliphatic heterocycles. The number of methoxy groups -OCH3 is 2. The van der Waals surface area contributed by atoms with Gasteiger partial charge in [0.2, 0.25) is 0 Å². The van der Waals surface area contributed by atoms with E-state index in [2.05, 4.69) is 4.98 Å². The highest BCUT2D eigenvalue weighted by Crippen LogP contribution is 2.35. The monoisotopic (exact) mass is 473 g/mol. The van der Waals surface area contributed by atoms with E-state index in [9.17, 15) is 9.59 Å². The third kappa shape index (κ3) is 5.83. The van der Waals surface area contributed by atoms with Crippen LogP contribution in [0, 0.1) is 0 Å². The Hall–Kier alpha value is -3.10. The van der Waals surface area contributed by atoms with E-state index in [1.54, 1.807) is 38.0 Å². The van der Waals surface area contributed by atoms with E-state index in [-0.39, 0.29) is 5.56 Å². The van der Waals surface area contributed by atoms with Crippen molar-refractivity contribution in [1.29, 1.82) is 0 Å². The maximum Gasteiger partial charge on any atom is 0.329 e. The molecule has 0 fully saturated rings. The highest BCUT2D eigenvalue weighted by atomic mass is 35.5. The van der Waals surface area contributed by atoms with Crippen LogP contribution in [-0.4, -0.2) is 47.5 Å². The van der Waals surface area contributed by atoms with Gasteiger partial charge < -0.3 is 18.8 Å². The number of hydrogen-bond acceptors (Lipinski definition) is 6. The quantitative estimate of drug-likeness (QED) is 0.305.